The molecule has 7 nitrogen and oxygen atoms in total. The van der Waals surface area contributed by atoms with Crippen molar-refractivity contribution in [3.63, 3.8) is 0 Å². The first-order valence-corrected chi connectivity index (χ1v) is 11.5. The number of amides is 2. The number of hydrogen-bond acceptors (Lipinski definition) is 4. The van der Waals surface area contributed by atoms with Crippen molar-refractivity contribution in [3.8, 4) is 17.2 Å². The topological polar surface area (TPSA) is 107 Å². The number of para-hydroxylation sites is 1. The molecule has 1 unspecified atom stereocenters. The predicted octanol–water partition coefficient (Wildman–Crippen LogP) is 4.26. The third-order valence-corrected chi connectivity index (χ3v) is 6.39. The Hall–Kier alpha value is -4.57. The maximum Gasteiger partial charge on any atom is 0.407 e. The lowest BCUT2D eigenvalue weighted by atomic mass is 9.98. The van der Waals surface area contributed by atoms with E-state index in [4.69, 9.17) is 10.00 Å². The minimum atomic E-state index is -0.891. The van der Waals surface area contributed by atoms with Gasteiger partial charge in [-0.3, -0.25) is 4.79 Å². The Bertz CT molecular complexity index is 1390. The van der Waals surface area contributed by atoms with Gasteiger partial charge in [0.1, 0.15) is 19.2 Å². The number of alkyl carbamates (subject to hydrolysis) is 1. The summed E-state index contributed by atoms with van der Waals surface area (Å²) < 4.78 is 5.63. The molecule has 0 radical (unpaired) electrons. The molecule has 0 spiro atoms. The van der Waals surface area contributed by atoms with Crippen molar-refractivity contribution in [2.24, 2.45) is 0 Å². The van der Waals surface area contributed by atoms with Crippen molar-refractivity contribution in [3.05, 3.63) is 95.7 Å². The van der Waals surface area contributed by atoms with Crippen LogP contribution < -0.4 is 10.6 Å². The van der Waals surface area contributed by atoms with E-state index >= 15 is 0 Å². The molecule has 5 rings (SSSR count). The Labute approximate surface area is 202 Å². The Kier molecular flexibility index (Phi) is 6.18. The number of rotatable bonds is 7. The van der Waals surface area contributed by atoms with Gasteiger partial charge in [-0.25, -0.2) is 4.79 Å². The summed E-state index contributed by atoms with van der Waals surface area (Å²) in [5.74, 6) is -0.516. The van der Waals surface area contributed by atoms with E-state index in [1.807, 2.05) is 60.8 Å². The van der Waals surface area contributed by atoms with Gasteiger partial charge in [0.25, 0.3) is 0 Å². The van der Waals surface area contributed by atoms with Crippen LogP contribution in [0.25, 0.3) is 22.0 Å². The molecule has 174 valence electrons. The summed E-state index contributed by atoms with van der Waals surface area (Å²) in [5, 5.41) is 15.1. The van der Waals surface area contributed by atoms with E-state index in [1.54, 1.807) is 0 Å². The van der Waals surface area contributed by atoms with Crippen LogP contribution in [0.1, 0.15) is 22.6 Å². The van der Waals surface area contributed by atoms with Gasteiger partial charge in [-0.2, -0.15) is 5.26 Å². The quantitative estimate of drug-likeness (QED) is 0.355. The molecule has 3 N–H and O–H groups in total. The average Bonchev–Trinajstić information content (AvgIpc) is 3.44. The van der Waals surface area contributed by atoms with Gasteiger partial charge in [0.05, 0.1) is 6.07 Å². The summed E-state index contributed by atoms with van der Waals surface area (Å²) in [5.41, 5.74) is 6.35. The highest BCUT2D eigenvalue weighted by atomic mass is 16.5. The van der Waals surface area contributed by atoms with Crippen molar-refractivity contribution in [2.45, 2.75) is 18.4 Å². The molecule has 2 amide bonds. The highest BCUT2D eigenvalue weighted by Crippen LogP contribution is 2.44. The molecule has 1 aromatic heterocycles. The van der Waals surface area contributed by atoms with Crippen molar-refractivity contribution < 1.29 is 14.3 Å². The first-order chi connectivity index (χ1) is 17.2. The Morgan fingerprint density at radius 2 is 1.63 bits per heavy atom. The van der Waals surface area contributed by atoms with Crippen molar-refractivity contribution in [2.75, 3.05) is 13.2 Å². The monoisotopic (exact) mass is 464 g/mol. The second-order valence-corrected chi connectivity index (χ2v) is 8.46. The number of benzene rings is 3. The summed E-state index contributed by atoms with van der Waals surface area (Å²) in [4.78, 5) is 28.7. The lowest BCUT2D eigenvalue weighted by Crippen LogP contribution is -2.48. The summed E-state index contributed by atoms with van der Waals surface area (Å²) in [7, 11) is 0. The molecule has 3 aromatic carbocycles. The number of nitrogens with zero attached hydrogens (tertiary/aromatic N) is 1. The number of nitrogens with one attached hydrogen (secondary N) is 3. The second kappa shape index (κ2) is 9.74. The number of nitriles is 1. The largest absolute Gasteiger partial charge is 0.449 e. The van der Waals surface area contributed by atoms with Crippen LogP contribution in [0.2, 0.25) is 0 Å². The SMILES string of the molecule is N#CCNC(=O)C(Cc1c[nH]c2ccccc12)NC(=O)OCC1c2ccccc2-c2ccccc21. The van der Waals surface area contributed by atoms with Gasteiger partial charge >= 0.3 is 6.09 Å². The maximum atomic E-state index is 12.8. The predicted molar refractivity (Wildman–Crippen MR) is 133 cm³/mol. The third kappa shape index (κ3) is 4.46. The minimum absolute atomic E-state index is 0.0763. The molecule has 1 atom stereocenters. The first kappa shape index (κ1) is 22.2. The fourth-order valence-electron chi connectivity index (χ4n) is 4.76. The van der Waals surface area contributed by atoms with E-state index < -0.39 is 18.0 Å². The van der Waals surface area contributed by atoms with Gasteiger partial charge in [-0.05, 0) is 33.9 Å². The number of hydrogen-bond donors (Lipinski definition) is 3. The lowest BCUT2D eigenvalue weighted by molar-refractivity contribution is -0.122. The van der Waals surface area contributed by atoms with Crippen LogP contribution in [0, 0.1) is 11.3 Å². The van der Waals surface area contributed by atoms with Crippen LogP contribution in [0.3, 0.4) is 0 Å². The van der Waals surface area contributed by atoms with Gasteiger partial charge < -0.3 is 20.4 Å². The van der Waals surface area contributed by atoms with Crippen molar-refractivity contribution in [1.29, 1.82) is 5.26 Å². The molecular formula is C28H24N4O3. The highest BCUT2D eigenvalue weighted by molar-refractivity contribution is 5.88. The molecule has 4 aromatic rings. The number of fused-ring (bicyclic) bond motifs is 4. The number of aromatic nitrogens is 1. The van der Waals surface area contributed by atoms with Crippen molar-refractivity contribution in [1.82, 2.24) is 15.6 Å². The fraction of sp³-hybridized carbons (Fsp3) is 0.179. The van der Waals surface area contributed by atoms with E-state index in [-0.39, 0.29) is 25.5 Å². The van der Waals surface area contributed by atoms with Gasteiger partial charge in [-0.15, -0.1) is 0 Å². The van der Waals surface area contributed by atoms with Crippen LogP contribution in [0.15, 0.2) is 79.0 Å². The summed E-state index contributed by atoms with van der Waals surface area (Å²) in [6, 6.07) is 25.0. The fourth-order valence-corrected chi connectivity index (χ4v) is 4.76. The van der Waals surface area contributed by atoms with Crippen LogP contribution >= 0.6 is 0 Å². The zero-order valence-electron chi connectivity index (χ0n) is 19.0. The number of aromatic amines is 1. The Morgan fingerprint density at radius 3 is 2.34 bits per heavy atom. The van der Waals surface area contributed by atoms with Crippen molar-refractivity contribution >= 4 is 22.9 Å². The number of H-pyrrole nitrogens is 1. The Morgan fingerprint density at radius 1 is 0.971 bits per heavy atom. The molecule has 0 bridgehead atoms. The molecule has 1 heterocycles. The van der Waals surface area contributed by atoms with Crippen LogP contribution in [0.4, 0.5) is 4.79 Å². The van der Waals surface area contributed by atoms with Crippen LogP contribution in [-0.4, -0.2) is 36.2 Å². The zero-order valence-corrected chi connectivity index (χ0v) is 19.0. The van der Waals surface area contributed by atoms with Crippen LogP contribution in [0.5, 0.6) is 0 Å². The molecule has 0 fully saturated rings. The van der Waals surface area contributed by atoms with Gasteiger partial charge in [0.2, 0.25) is 5.91 Å². The van der Waals surface area contributed by atoms with Gasteiger partial charge in [0, 0.05) is 29.4 Å². The second-order valence-electron chi connectivity index (χ2n) is 8.46. The summed E-state index contributed by atoms with van der Waals surface area (Å²) >= 11 is 0. The van der Waals surface area contributed by atoms with E-state index in [1.165, 1.54) is 0 Å². The van der Waals surface area contributed by atoms with E-state index in [0.29, 0.717) is 0 Å². The number of carbonyl (C=O) groups is 2. The zero-order chi connectivity index (χ0) is 24.2. The summed E-state index contributed by atoms with van der Waals surface area (Å²) in [6.07, 6.45) is 1.41. The molecular weight excluding hydrogens is 440 g/mol. The standard InChI is InChI=1S/C28H24N4O3/c29-13-14-30-27(33)26(15-18-16-31-25-12-6-5-7-19(18)25)32-28(34)35-17-24-22-10-3-1-8-20(22)21-9-2-4-11-23(21)24/h1-12,16,24,26,31H,14-15,17H2,(H,30,33)(H,32,34). The molecule has 1 aliphatic rings. The smallest absolute Gasteiger partial charge is 0.407 e. The third-order valence-electron chi connectivity index (χ3n) is 6.39. The normalized spacial score (nSPS) is 12.9. The van der Waals surface area contributed by atoms with Gasteiger partial charge in [-0.1, -0.05) is 66.7 Å². The number of ether oxygens (including phenoxy) is 1. The Balaban J connectivity index is 1.30. The van der Waals surface area contributed by atoms with E-state index in [0.717, 1.165) is 38.7 Å². The maximum absolute atomic E-state index is 12.8. The number of carbonyl (C=O) groups excluding carboxylic acids is 2. The molecule has 35 heavy (non-hydrogen) atoms. The first-order valence-electron chi connectivity index (χ1n) is 11.5. The van der Waals surface area contributed by atoms with E-state index in [2.05, 4.69) is 39.9 Å². The average molecular weight is 465 g/mol. The van der Waals surface area contributed by atoms with E-state index in [9.17, 15) is 9.59 Å². The highest BCUT2D eigenvalue weighted by Gasteiger charge is 2.30. The lowest BCUT2D eigenvalue weighted by Gasteiger charge is -2.19. The molecule has 0 aliphatic heterocycles. The minimum Gasteiger partial charge on any atom is -0.449 e. The molecule has 0 saturated heterocycles. The van der Waals surface area contributed by atoms with Crippen LogP contribution in [-0.2, 0) is 16.0 Å². The van der Waals surface area contributed by atoms with Gasteiger partial charge in [0.15, 0.2) is 0 Å². The summed E-state index contributed by atoms with van der Waals surface area (Å²) in [6.45, 7) is 0.00900. The molecule has 0 saturated carbocycles. The molecule has 7 heteroatoms. The molecule has 1 aliphatic carbocycles.